The minimum Gasteiger partial charge on any atom is -0.372 e. The fourth-order valence-corrected chi connectivity index (χ4v) is 3.41. The third-order valence-corrected chi connectivity index (χ3v) is 5.05. The number of rotatable bonds is 8. The molecule has 0 saturated carbocycles. The zero-order chi connectivity index (χ0) is 21.5. The molecule has 5 nitrogen and oxygen atoms in total. The van der Waals surface area contributed by atoms with E-state index in [4.69, 9.17) is 4.74 Å². The third kappa shape index (κ3) is 5.27. The average Bonchev–Trinajstić information content (AvgIpc) is 3.21. The second-order valence-electron chi connectivity index (χ2n) is 7.35. The van der Waals surface area contributed by atoms with Crippen LogP contribution in [0.2, 0.25) is 0 Å². The molecule has 156 valence electrons. The third-order valence-electron chi connectivity index (χ3n) is 5.05. The van der Waals surface area contributed by atoms with Gasteiger partial charge < -0.3 is 10.1 Å². The molecule has 1 amide bonds. The van der Waals surface area contributed by atoms with Crippen molar-refractivity contribution < 1.29 is 9.53 Å². The van der Waals surface area contributed by atoms with E-state index in [2.05, 4.69) is 10.4 Å². The van der Waals surface area contributed by atoms with Gasteiger partial charge in [0.25, 0.3) is 5.91 Å². The summed E-state index contributed by atoms with van der Waals surface area (Å²) in [5.41, 5.74) is 5.47. The summed E-state index contributed by atoms with van der Waals surface area (Å²) < 4.78 is 7.66. The van der Waals surface area contributed by atoms with E-state index in [1.807, 2.05) is 91.9 Å². The van der Waals surface area contributed by atoms with Crippen molar-refractivity contribution in [3.05, 3.63) is 119 Å². The zero-order valence-electron chi connectivity index (χ0n) is 17.5. The summed E-state index contributed by atoms with van der Waals surface area (Å²) in [5.74, 6) is -0.196. The fourth-order valence-electron chi connectivity index (χ4n) is 3.41. The SMILES string of the molecule is Cc1cc(C(=O)NCc2ccccc2COCc2ccccc2)nn1-c1ccccc1. The van der Waals surface area contributed by atoms with Crippen molar-refractivity contribution >= 4 is 5.91 Å². The minimum absolute atomic E-state index is 0.196. The van der Waals surface area contributed by atoms with Gasteiger partial charge in [0.1, 0.15) is 0 Å². The lowest BCUT2D eigenvalue weighted by atomic mass is 10.1. The molecule has 4 aromatic rings. The summed E-state index contributed by atoms with van der Waals surface area (Å²) in [7, 11) is 0. The molecule has 0 saturated heterocycles. The summed E-state index contributed by atoms with van der Waals surface area (Å²) in [4.78, 5) is 12.7. The normalized spacial score (nSPS) is 10.7. The van der Waals surface area contributed by atoms with Crippen LogP contribution in [0.1, 0.15) is 32.9 Å². The lowest BCUT2D eigenvalue weighted by Crippen LogP contribution is -2.24. The summed E-state index contributed by atoms with van der Waals surface area (Å²) >= 11 is 0. The summed E-state index contributed by atoms with van der Waals surface area (Å²) in [6.07, 6.45) is 0. The van der Waals surface area contributed by atoms with Crippen LogP contribution in [-0.2, 0) is 24.5 Å². The first-order valence-corrected chi connectivity index (χ1v) is 10.3. The smallest absolute Gasteiger partial charge is 0.272 e. The molecule has 4 rings (SSSR count). The lowest BCUT2D eigenvalue weighted by Gasteiger charge is -2.11. The lowest BCUT2D eigenvalue weighted by molar-refractivity contribution is 0.0942. The van der Waals surface area contributed by atoms with Crippen LogP contribution in [0, 0.1) is 6.92 Å². The Morgan fingerprint density at radius 2 is 1.52 bits per heavy atom. The van der Waals surface area contributed by atoms with Crippen molar-refractivity contribution in [2.75, 3.05) is 0 Å². The highest BCUT2D eigenvalue weighted by atomic mass is 16.5. The average molecular weight is 412 g/mol. The zero-order valence-corrected chi connectivity index (χ0v) is 17.5. The van der Waals surface area contributed by atoms with Crippen LogP contribution >= 0.6 is 0 Å². The molecule has 0 aliphatic carbocycles. The Bertz CT molecular complexity index is 1140. The molecular formula is C26H25N3O2. The Morgan fingerprint density at radius 1 is 0.871 bits per heavy atom. The van der Waals surface area contributed by atoms with E-state index < -0.39 is 0 Å². The van der Waals surface area contributed by atoms with Crippen LogP contribution in [0.4, 0.5) is 0 Å². The molecule has 0 spiro atoms. The number of carbonyl (C=O) groups excluding carboxylic acids is 1. The molecule has 0 radical (unpaired) electrons. The van der Waals surface area contributed by atoms with Crippen molar-refractivity contribution in [2.24, 2.45) is 0 Å². The van der Waals surface area contributed by atoms with Crippen molar-refractivity contribution in [1.29, 1.82) is 0 Å². The molecular weight excluding hydrogens is 386 g/mol. The summed E-state index contributed by atoms with van der Waals surface area (Å²) in [5, 5.41) is 7.46. The first-order valence-electron chi connectivity index (χ1n) is 10.3. The summed E-state index contributed by atoms with van der Waals surface area (Å²) in [6.45, 7) is 3.40. The number of aromatic nitrogens is 2. The maximum atomic E-state index is 12.7. The van der Waals surface area contributed by atoms with Gasteiger partial charge in [0.15, 0.2) is 5.69 Å². The molecule has 0 fully saturated rings. The van der Waals surface area contributed by atoms with Crippen molar-refractivity contribution in [1.82, 2.24) is 15.1 Å². The number of carbonyl (C=O) groups is 1. The van der Waals surface area contributed by atoms with Gasteiger partial charge in [0.05, 0.1) is 18.9 Å². The molecule has 5 heteroatoms. The van der Waals surface area contributed by atoms with E-state index in [0.29, 0.717) is 25.5 Å². The van der Waals surface area contributed by atoms with Gasteiger partial charge in [-0.1, -0.05) is 72.8 Å². The predicted octanol–water partition coefficient (Wildman–Crippen LogP) is 4.83. The Hall–Kier alpha value is -3.70. The van der Waals surface area contributed by atoms with Crippen molar-refractivity contribution in [3.8, 4) is 5.69 Å². The van der Waals surface area contributed by atoms with Crippen LogP contribution in [0.5, 0.6) is 0 Å². The number of aryl methyl sites for hydroxylation is 1. The van der Waals surface area contributed by atoms with E-state index in [1.165, 1.54) is 0 Å². The fraction of sp³-hybridized carbons (Fsp3) is 0.154. The molecule has 0 unspecified atom stereocenters. The topological polar surface area (TPSA) is 56.1 Å². The van der Waals surface area contributed by atoms with Crippen LogP contribution in [0.3, 0.4) is 0 Å². The van der Waals surface area contributed by atoms with Crippen molar-refractivity contribution in [3.63, 3.8) is 0 Å². The van der Waals surface area contributed by atoms with E-state index in [1.54, 1.807) is 10.7 Å². The highest BCUT2D eigenvalue weighted by Crippen LogP contribution is 2.14. The molecule has 0 bridgehead atoms. The van der Waals surface area contributed by atoms with Gasteiger partial charge in [-0.2, -0.15) is 5.10 Å². The van der Waals surface area contributed by atoms with Gasteiger partial charge >= 0.3 is 0 Å². The van der Waals surface area contributed by atoms with Crippen LogP contribution < -0.4 is 5.32 Å². The van der Waals surface area contributed by atoms with Gasteiger partial charge in [-0.15, -0.1) is 0 Å². The molecule has 0 aliphatic heterocycles. The molecule has 1 heterocycles. The maximum Gasteiger partial charge on any atom is 0.272 e. The Kier molecular flexibility index (Phi) is 6.55. The van der Waals surface area contributed by atoms with E-state index in [9.17, 15) is 4.79 Å². The van der Waals surface area contributed by atoms with Gasteiger partial charge in [-0.05, 0) is 41.8 Å². The molecule has 3 aromatic carbocycles. The van der Waals surface area contributed by atoms with E-state index >= 15 is 0 Å². The molecule has 1 N–H and O–H groups in total. The monoisotopic (exact) mass is 411 g/mol. The number of hydrogen-bond acceptors (Lipinski definition) is 3. The maximum absolute atomic E-state index is 12.7. The van der Waals surface area contributed by atoms with Crippen LogP contribution in [-0.4, -0.2) is 15.7 Å². The van der Waals surface area contributed by atoms with Crippen molar-refractivity contribution in [2.45, 2.75) is 26.7 Å². The first-order chi connectivity index (χ1) is 15.2. The quantitative estimate of drug-likeness (QED) is 0.452. The number of nitrogens with one attached hydrogen (secondary N) is 1. The predicted molar refractivity (Wildman–Crippen MR) is 121 cm³/mol. The van der Waals surface area contributed by atoms with Crippen LogP contribution in [0.15, 0.2) is 91.0 Å². The number of benzene rings is 3. The van der Waals surface area contributed by atoms with Crippen LogP contribution in [0.25, 0.3) is 5.69 Å². The van der Waals surface area contributed by atoms with Gasteiger partial charge in [-0.3, -0.25) is 4.79 Å². The largest absolute Gasteiger partial charge is 0.372 e. The second-order valence-corrected chi connectivity index (χ2v) is 7.35. The Morgan fingerprint density at radius 3 is 2.26 bits per heavy atom. The van der Waals surface area contributed by atoms with E-state index in [-0.39, 0.29) is 5.91 Å². The second kappa shape index (κ2) is 9.87. The number of nitrogens with zero attached hydrogens (tertiary/aromatic N) is 2. The molecule has 1 aromatic heterocycles. The number of hydrogen-bond donors (Lipinski definition) is 1. The Balaban J connectivity index is 1.38. The van der Waals surface area contributed by atoms with Gasteiger partial charge in [-0.25, -0.2) is 4.68 Å². The highest BCUT2D eigenvalue weighted by Gasteiger charge is 2.13. The Labute approximate surface area is 182 Å². The van der Waals surface area contributed by atoms with Gasteiger partial charge in [0, 0.05) is 12.2 Å². The molecule has 31 heavy (non-hydrogen) atoms. The molecule has 0 atom stereocenters. The highest BCUT2D eigenvalue weighted by molar-refractivity contribution is 5.92. The van der Waals surface area contributed by atoms with E-state index in [0.717, 1.165) is 28.1 Å². The first kappa shape index (κ1) is 20.6. The standard InChI is InChI=1S/C26H25N3O2/c1-20-16-25(28-29(20)24-14-6-3-7-15-24)26(30)27-17-22-12-8-9-13-23(22)19-31-18-21-10-4-2-5-11-21/h2-16H,17-19H2,1H3,(H,27,30). The number of ether oxygens (including phenoxy) is 1. The summed E-state index contributed by atoms with van der Waals surface area (Å²) in [6, 6.07) is 29.7. The molecule has 0 aliphatic rings. The van der Waals surface area contributed by atoms with Gasteiger partial charge in [0.2, 0.25) is 0 Å². The minimum atomic E-state index is -0.196. The number of para-hydroxylation sites is 1. The number of amides is 1.